The first-order valence-electron chi connectivity index (χ1n) is 19.1. The second kappa shape index (κ2) is 20.5. The predicted molar refractivity (Wildman–Crippen MR) is 230 cm³/mol. The molecule has 5 aromatic carbocycles. The normalized spacial score (nSPS) is 11.5. The second-order valence-electron chi connectivity index (χ2n) is 14.0. The van der Waals surface area contributed by atoms with Crippen LogP contribution >= 0.6 is 0 Å². The lowest BCUT2D eigenvalue weighted by molar-refractivity contribution is -0.123. The number of benzene rings is 5. The highest BCUT2D eigenvalue weighted by molar-refractivity contribution is 6.10. The first kappa shape index (κ1) is 45.4. The van der Waals surface area contributed by atoms with E-state index in [2.05, 4.69) is 26.6 Å². The Hall–Kier alpha value is -8.72. The molecule has 2 atom stereocenters. The number of hydrogen-bond donors (Lipinski definition) is 8. The average Bonchev–Trinajstić information content (AvgIpc) is 3.25. The zero-order valence-electron chi connectivity index (χ0n) is 33.9. The minimum absolute atomic E-state index is 0.0184. The van der Waals surface area contributed by atoms with Gasteiger partial charge in [-0.1, -0.05) is 0 Å². The quantitative estimate of drug-likeness (QED) is 0.0594. The fourth-order valence-electron chi connectivity index (χ4n) is 5.70. The van der Waals surface area contributed by atoms with Crippen molar-refractivity contribution in [2.75, 3.05) is 21.3 Å². The van der Waals surface area contributed by atoms with Crippen LogP contribution in [-0.2, 0) is 14.4 Å². The monoisotopic (exact) mass is 855 g/mol. The lowest BCUT2D eigenvalue weighted by atomic mass is 10.1. The third-order valence-electron chi connectivity index (χ3n) is 8.89. The molecule has 18 nitrogen and oxygen atoms in total. The van der Waals surface area contributed by atoms with Gasteiger partial charge in [0.15, 0.2) is 17.6 Å². The number of rotatable bonds is 17. The first-order valence-corrected chi connectivity index (χ1v) is 19.1. The number of phenolic OH excluding ortho intramolecular Hbond substituents is 1. The number of phenols is 1. The molecule has 0 radical (unpaired) electrons. The van der Waals surface area contributed by atoms with E-state index in [1.54, 1.807) is 45.0 Å². The zero-order valence-corrected chi connectivity index (χ0v) is 33.9. The van der Waals surface area contributed by atoms with Gasteiger partial charge in [-0.3, -0.25) is 28.8 Å². The van der Waals surface area contributed by atoms with Gasteiger partial charge in [0.1, 0.15) is 11.8 Å². The molecular weight excluding hydrogens is 815 g/mol. The molecule has 63 heavy (non-hydrogen) atoms. The molecule has 0 spiro atoms. The number of aromatic hydroxyl groups is 1. The van der Waals surface area contributed by atoms with Gasteiger partial charge in [0, 0.05) is 28.2 Å². The summed E-state index contributed by atoms with van der Waals surface area (Å²) in [5.41, 5.74) is 6.73. The summed E-state index contributed by atoms with van der Waals surface area (Å²) in [6.45, 7) is 4.89. The third-order valence-corrected chi connectivity index (χ3v) is 8.89. The van der Waals surface area contributed by atoms with E-state index in [0.717, 1.165) is 0 Å². The number of primary amides is 1. The highest BCUT2D eigenvalue weighted by Crippen LogP contribution is 2.39. The van der Waals surface area contributed by atoms with E-state index in [1.165, 1.54) is 84.9 Å². The molecule has 0 aliphatic carbocycles. The van der Waals surface area contributed by atoms with E-state index in [0.29, 0.717) is 17.0 Å². The number of carboxylic acids is 1. The van der Waals surface area contributed by atoms with E-state index in [9.17, 15) is 38.7 Å². The summed E-state index contributed by atoms with van der Waals surface area (Å²) in [5, 5.41) is 42.1. The van der Waals surface area contributed by atoms with Crippen molar-refractivity contribution in [1.29, 1.82) is 5.26 Å². The molecule has 322 valence electrons. The van der Waals surface area contributed by atoms with Crippen LogP contribution in [0.4, 0.5) is 22.7 Å². The molecule has 0 aliphatic rings. The summed E-state index contributed by atoms with van der Waals surface area (Å²) in [6.07, 6.45) is -1.93. The average molecular weight is 856 g/mol. The molecular formula is C45H41N7O11. The fraction of sp³-hybridized carbons (Fsp3) is 0.156. The van der Waals surface area contributed by atoms with Gasteiger partial charge in [0.2, 0.25) is 11.8 Å². The van der Waals surface area contributed by atoms with Crippen LogP contribution in [0, 0.1) is 11.3 Å². The number of anilines is 4. The third kappa shape index (κ3) is 12.4. The van der Waals surface area contributed by atoms with Gasteiger partial charge in [-0.2, -0.15) is 5.26 Å². The van der Waals surface area contributed by atoms with Crippen molar-refractivity contribution in [1.82, 2.24) is 5.32 Å². The summed E-state index contributed by atoms with van der Waals surface area (Å²) in [4.78, 5) is 88.5. The largest absolute Gasteiger partial charge is 0.504 e. The van der Waals surface area contributed by atoms with Gasteiger partial charge < -0.3 is 52.0 Å². The minimum Gasteiger partial charge on any atom is -0.504 e. The Kier molecular flexibility index (Phi) is 14.8. The van der Waals surface area contributed by atoms with Gasteiger partial charge >= 0.3 is 5.97 Å². The van der Waals surface area contributed by atoms with Gasteiger partial charge in [0.25, 0.3) is 23.6 Å². The van der Waals surface area contributed by atoms with Crippen LogP contribution in [0.2, 0.25) is 0 Å². The number of nitrogens with one attached hydrogen (secondary N) is 5. The van der Waals surface area contributed by atoms with Crippen LogP contribution in [0.5, 0.6) is 17.2 Å². The van der Waals surface area contributed by atoms with Gasteiger partial charge in [-0.15, -0.1) is 0 Å². The SMILES string of the molecule is CC(C)Oc1c(NC(=O)c2ccc(NC(=O)C(CC(N)=O)NC(=O)c3ccc(NC(=O)C(C)Oc4ccc(C#N)cc4)cc3)cc2)ccc(C(=O)Nc2ccc(C(=O)O)cc2)c1O. The number of carbonyl (C=O) groups excluding carboxylic acids is 6. The van der Waals surface area contributed by atoms with Crippen LogP contribution in [0.25, 0.3) is 0 Å². The first-order chi connectivity index (χ1) is 30.0. The number of aromatic carboxylic acids is 1. The van der Waals surface area contributed by atoms with E-state index in [-0.39, 0.29) is 45.1 Å². The molecule has 2 unspecified atom stereocenters. The Morgan fingerprint density at radius 1 is 0.635 bits per heavy atom. The maximum absolute atomic E-state index is 13.3. The number of hydrogen-bond acceptors (Lipinski definition) is 11. The van der Waals surface area contributed by atoms with Gasteiger partial charge in [0.05, 0.1) is 41.0 Å². The summed E-state index contributed by atoms with van der Waals surface area (Å²) < 4.78 is 11.4. The van der Waals surface area contributed by atoms with Crippen LogP contribution in [0.3, 0.4) is 0 Å². The number of ether oxygens (including phenoxy) is 2. The van der Waals surface area contributed by atoms with Gasteiger partial charge in [-0.25, -0.2) is 4.79 Å². The molecule has 0 aliphatic heterocycles. The number of nitrogens with zero attached hydrogens (tertiary/aromatic N) is 1. The van der Waals surface area contributed by atoms with Crippen molar-refractivity contribution in [2.45, 2.75) is 45.4 Å². The molecule has 0 fully saturated rings. The predicted octanol–water partition coefficient (Wildman–Crippen LogP) is 5.27. The number of carboxylic acid groups (broad SMARTS) is 1. The van der Waals surface area contributed by atoms with Crippen LogP contribution < -0.4 is 41.8 Å². The highest BCUT2D eigenvalue weighted by atomic mass is 16.5. The lowest BCUT2D eigenvalue weighted by Gasteiger charge is -2.19. The van der Waals surface area contributed by atoms with Crippen molar-refractivity contribution in [2.24, 2.45) is 5.73 Å². The van der Waals surface area contributed by atoms with Crippen molar-refractivity contribution in [3.8, 4) is 23.3 Å². The number of amides is 6. The zero-order chi connectivity index (χ0) is 45.8. The van der Waals surface area contributed by atoms with E-state index < -0.39 is 71.8 Å². The molecule has 5 rings (SSSR count). The molecule has 0 bridgehead atoms. The molecule has 6 amide bonds. The second-order valence-corrected chi connectivity index (χ2v) is 14.0. The van der Waals surface area contributed by atoms with Crippen molar-refractivity contribution in [3.63, 3.8) is 0 Å². The Morgan fingerprint density at radius 3 is 1.68 bits per heavy atom. The lowest BCUT2D eigenvalue weighted by Crippen LogP contribution is -2.46. The summed E-state index contributed by atoms with van der Waals surface area (Å²) in [5.74, 6) is -5.71. The molecule has 0 aromatic heterocycles. The number of nitrogens with two attached hydrogens (primary N) is 1. The highest BCUT2D eigenvalue weighted by Gasteiger charge is 2.25. The molecule has 0 saturated heterocycles. The van der Waals surface area contributed by atoms with Crippen molar-refractivity contribution < 1.29 is 53.2 Å². The van der Waals surface area contributed by atoms with Crippen molar-refractivity contribution in [3.05, 3.63) is 137 Å². The van der Waals surface area contributed by atoms with Gasteiger partial charge in [-0.05, 0) is 130 Å². The summed E-state index contributed by atoms with van der Waals surface area (Å²) in [7, 11) is 0. The Morgan fingerprint density at radius 2 is 1.16 bits per heavy atom. The van der Waals surface area contributed by atoms with Crippen LogP contribution in [-0.4, -0.2) is 69.9 Å². The Labute approximate surface area is 360 Å². The maximum Gasteiger partial charge on any atom is 0.335 e. The molecule has 18 heteroatoms. The molecule has 0 heterocycles. The van der Waals surface area contributed by atoms with Crippen molar-refractivity contribution >= 4 is 64.2 Å². The molecule has 0 saturated carbocycles. The van der Waals surface area contributed by atoms with E-state index >= 15 is 0 Å². The Bertz CT molecular complexity index is 2570. The number of nitriles is 1. The van der Waals surface area contributed by atoms with E-state index in [1.807, 2.05) is 6.07 Å². The fourth-order valence-corrected chi connectivity index (χ4v) is 5.70. The minimum atomic E-state index is -1.40. The van der Waals surface area contributed by atoms with Crippen LogP contribution in [0.15, 0.2) is 109 Å². The number of carbonyl (C=O) groups is 7. The topological polar surface area (TPSA) is 288 Å². The Balaban J connectivity index is 1.19. The molecule has 9 N–H and O–H groups in total. The summed E-state index contributed by atoms with van der Waals surface area (Å²) >= 11 is 0. The molecule has 5 aromatic rings. The smallest absolute Gasteiger partial charge is 0.335 e. The standard InChI is InChI=1S/C45H41N7O11/c1-24(2)62-39-35(21-20-34(38(39)54)43(58)49-31-16-10-29(11-17-31)45(60)61)51-41(56)27-8-14-32(15-9-27)50-44(59)36(22-37(47)53)52-42(57)28-6-12-30(13-7-28)48-40(55)25(3)63-33-18-4-26(23-46)5-19-33/h4-21,24-25,36,54H,22H2,1-3H3,(H2,47,53)(H,48,55)(H,49,58)(H,50,59)(H,51,56)(H,52,57)(H,60,61). The maximum atomic E-state index is 13.3. The van der Waals surface area contributed by atoms with E-state index in [4.69, 9.17) is 25.6 Å². The van der Waals surface area contributed by atoms with Crippen LogP contribution in [0.1, 0.15) is 74.2 Å². The summed E-state index contributed by atoms with van der Waals surface area (Å²) in [6, 6.07) is 26.2.